The summed E-state index contributed by atoms with van der Waals surface area (Å²) in [4.78, 5) is 51.2. The maximum Gasteiger partial charge on any atom is 0.326 e. The molecule has 0 spiro atoms. The van der Waals surface area contributed by atoms with Gasteiger partial charge in [0.1, 0.15) is 6.04 Å². The summed E-state index contributed by atoms with van der Waals surface area (Å²) in [6.45, 7) is 0. The van der Waals surface area contributed by atoms with E-state index in [0.717, 1.165) is 5.56 Å². The van der Waals surface area contributed by atoms with Gasteiger partial charge in [-0.3, -0.25) is 9.59 Å². The molecule has 35 heavy (non-hydrogen) atoms. The van der Waals surface area contributed by atoms with Gasteiger partial charge in [0.2, 0.25) is 5.95 Å². The Bertz CT molecular complexity index is 1300. The number of carbonyl (C=O) groups excluding carboxylic acids is 1. The van der Waals surface area contributed by atoms with Crippen molar-refractivity contribution < 1.29 is 24.6 Å². The minimum absolute atomic E-state index is 0.00273. The number of hydrogen-bond donors (Lipinski definition) is 5. The summed E-state index contributed by atoms with van der Waals surface area (Å²) in [6, 6.07) is 5.22. The number of anilines is 2. The molecule has 2 atom stereocenters. The molecule has 0 saturated carbocycles. The van der Waals surface area contributed by atoms with Crippen LogP contribution in [0.5, 0.6) is 0 Å². The first-order chi connectivity index (χ1) is 16.7. The smallest absolute Gasteiger partial charge is 0.326 e. The third-order valence-corrected chi connectivity index (χ3v) is 5.22. The van der Waals surface area contributed by atoms with Crippen LogP contribution in [0.3, 0.4) is 0 Å². The van der Waals surface area contributed by atoms with Crippen molar-refractivity contribution in [3.63, 3.8) is 0 Å². The van der Waals surface area contributed by atoms with Gasteiger partial charge in [-0.25, -0.2) is 14.8 Å². The van der Waals surface area contributed by atoms with Gasteiger partial charge in [-0.1, -0.05) is 12.1 Å². The van der Waals surface area contributed by atoms with Crippen LogP contribution in [0.1, 0.15) is 46.8 Å². The zero-order valence-electron chi connectivity index (χ0n) is 18.5. The maximum absolute atomic E-state index is 12.5. The molecule has 12 heteroatoms. The van der Waals surface area contributed by atoms with Crippen molar-refractivity contribution in [1.29, 1.82) is 0 Å². The Morgan fingerprint density at radius 2 is 1.80 bits per heavy atom. The van der Waals surface area contributed by atoms with Crippen molar-refractivity contribution >= 4 is 40.8 Å². The molecule has 1 amide bonds. The molecule has 0 fully saturated rings. The second-order valence-corrected chi connectivity index (χ2v) is 7.73. The molecule has 0 bridgehead atoms. The van der Waals surface area contributed by atoms with E-state index in [2.05, 4.69) is 31.2 Å². The largest absolute Gasteiger partial charge is 0.481 e. The van der Waals surface area contributed by atoms with E-state index in [1.807, 2.05) is 0 Å². The lowest BCUT2D eigenvalue weighted by atomic mass is 9.91. The molecule has 1 aromatic carbocycles. The Kier molecular flexibility index (Phi) is 7.73. The van der Waals surface area contributed by atoms with Crippen molar-refractivity contribution in [2.45, 2.75) is 37.6 Å². The van der Waals surface area contributed by atoms with E-state index < -0.39 is 23.9 Å². The maximum atomic E-state index is 12.5. The van der Waals surface area contributed by atoms with E-state index in [1.165, 1.54) is 0 Å². The summed E-state index contributed by atoms with van der Waals surface area (Å²) in [5.41, 5.74) is 13.8. The van der Waals surface area contributed by atoms with Crippen molar-refractivity contribution in [2.24, 2.45) is 0 Å². The SMILES string of the molecule is C#CC[C@@H](Cc1cnc2nc(N)nc(N)c2n1)c1ccc(C(=O)N[C@@H](CCC(=O)O)C(=O)O)cc1. The molecule has 7 N–H and O–H groups in total. The predicted molar refractivity (Wildman–Crippen MR) is 126 cm³/mol. The van der Waals surface area contributed by atoms with Crippen LogP contribution >= 0.6 is 0 Å². The highest BCUT2D eigenvalue weighted by molar-refractivity contribution is 5.96. The Morgan fingerprint density at radius 3 is 2.43 bits per heavy atom. The second-order valence-electron chi connectivity index (χ2n) is 7.73. The number of benzene rings is 1. The molecule has 0 unspecified atom stereocenters. The topological polar surface area (TPSA) is 207 Å². The van der Waals surface area contributed by atoms with Gasteiger partial charge in [0.25, 0.3) is 5.91 Å². The van der Waals surface area contributed by atoms with Crippen LogP contribution in [0.15, 0.2) is 30.5 Å². The van der Waals surface area contributed by atoms with E-state index in [-0.39, 0.29) is 41.7 Å². The van der Waals surface area contributed by atoms with Crippen LogP contribution < -0.4 is 16.8 Å². The van der Waals surface area contributed by atoms with Crippen LogP contribution in [0, 0.1) is 12.3 Å². The number of nitrogen functional groups attached to an aromatic ring is 2. The number of nitrogens with zero attached hydrogens (tertiary/aromatic N) is 4. The van der Waals surface area contributed by atoms with Gasteiger partial charge < -0.3 is 27.0 Å². The average Bonchev–Trinajstić information content (AvgIpc) is 2.81. The van der Waals surface area contributed by atoms with Gasteiger partial charge in [-0.15, -0.1) is 12.3 Å². The standard InChI is InChI=1S/C23H23N7O5/c1-2-3-14(10-15-11-26-20-18(27-15)19(24)29-23(25)30-20)12-4-6-13(7-5-12)21(33)28-16(22(34)35)8-9-17(31)32/h1,4-7,11,14,16H,3,8-10H2,(H,28,33)(H,31,32)(H,34,35)(H4,24,25,26,29,30)/t14-,16-/m0/s1. The second kappa shape index (κ2) is 10.9. The number of rotatable bonds is 10. The van der Waals surface area contributed by atoms with Gasteiger partial charge in [0, 0.05) is 24.3 Å². The van der Waals surface area contributed by atoms with Crippen LogP contribution in [0.25, 0.3) is 11.2 Å². The molecule has 12 nitrogen and oxygen atoms in total. The van der Waals surface area contributed by atoms with Crippen molar-refractivity contribution in [2.75, 3.05) is 11.5 Å². The number of carboxylic acid groups (broad SMARTS) is 2. The zero-order valence-corrected chi connectivity index (χ0v) is 18.5. The molecule has 2 aromatic heterocycles. The predicted octanol–water partition coefficient (Wildman–Crippen LogP) is 0.982. The van der Waals surface area contributed by atoms with E-state index in [4.69, 9.17) is 23.0 Å². The Hall–Kier alpha value is -4.79. The van der Waals surface area contributed by atoms with Crippen LogP contribution in [-0.2, 0) is 16.0 Å². The molecule has 2 heterocycles. The normalized spacial score (nSPS) is 12.4. The first-order valence-electron chi connectivity index (χ1n) is 10.5. The lowest BCUT2D eigenvalue weighted by Crippen LogP contribution is -2.41. The van der Waals surface area contributed by atoms with Gasteiger partial charge in [-0.05, 0) is 30.5 Å². The highest BCUT2D eigenvalue weighted by atomic mass is 16.4. The van der Waals surface area contributed by atoms with E-state index in [9.17, 15) is 19.5 Å². The molecule has 0 aliphatic heterocycles. The Morgan fingerprint density at radius 1 is 1.09 bits per heavy atom. The lowest BCUT2D eigenvalue weighted by Gasteiger charge is -2.16. The Balaban J connectivity index is 1.76. The minimum Gasteiger partial charge on any atom is -0.481 e. The van der Waals surface area contributed by atoms with Crippen molar-refractivity contribution in [3.8, 4) is 12.3 Å². The number of amides is 1. The molecule has 0 aliphatic carbocycles. The molecule has 0 radical (unpaired) electrons. The summed E-state index contributed by atoms with van der Waals surface area (Å²) in [5, 5.41) is 20.3. The number of carbonyl (C=O) groups is 3. The van der Waals surface area contributed by atoms with Gasteiger partial charge in [-0.2, -0.15) is 9.97 Å². The highest BCUT2D eigenvalue weighted by Gasteiger charge is 2.22. The average molecular weight is 477 g/mol. The summed E-state index contributed by atoms with van der Waals surface area (Å²) < 4.78 is 0. The lowest BCUT2D eigenvalue weighted by molar-refractivity contribution is -0.140. The number of fused-ring (bicyclic) bond motifs is 1. The van der Waals surface area contributed by atoms with Crippen molar-refractivity contribution in [3.05, 3.63) is 47.3 Å². The summed E-state index contributed by atoms with van der Waals surface area (Å²) in [6.07, 6.45) is 7.32. The van der Waals surface area contributed by atoms with E-state index in [0.29, 0.717) is 24.1 Å². The molecule has 180 valence electrons. The fraction of sp³-hybridized carbons (Fsp3) is 0.261. The van der Waals surface area contributed by atoms with E-state index in [1.54, 1.807) is 30.5 Å². The molecule has 0 aliphatic rings. The van der Waals surface area contributed by atoms with E-state index >= 15 is 0 Å². The van der Waals surface area contributed by atoms with Crippen LogP contribution in [-0.4, -0.2) is 54.0 Å². The first kappa shape index (κ1) is 24.8. The summed E-state index contributed by atoms with van der Waals surface area (Å²) >= 11 is 0. The Labute approximate surface area is 199 Å². The number of hydrogen-bond acceptors (Lipinski definition) is 9. The quantitative estimate of drug-likeness (QED) is 0.260. The van der Waals surface area contributed by atoms with Crippen LogP contribution in [0.2, 0.25) is 0 Å². The van der Waals surface area contributed by atoms with Crippen molar-refractivity contribution in [1.82, 2.24) is 25.3 Å². The first-order valence-corrected chi connectivity index (χ1v) is 10.5. The number of aromatic nitrogens is 4. The van der Waals surface area contributed by atoms with Gasteiger partial charge >= 0.3 is 11.9 Å². The monoisotopic (exact) mass is 477 g/mol. The number of nitrogens with two attached hydrogens (primary N) is 2. The number of nitrogens with one attached hydrogen (secondary N) is 1. The minimum atomic E-state index is -1.31. The third kappa shape index (κ3) is 6.38. The van der Waals surface area contributed by atoms with Gasteiger partial charge in [0.15, 0.2) is 17.0 Å². The molecular weight excluding hydrogens is 454 g/mol. The molecule has 3 rings (SSSR count). The zero-order chi connectivity index (χ0) is 25.5. The fourth-order valence-corrected chi connectivity index (χ4v) is 3.46. The fourth-order valence-electron chi connectivity index (χ4n) is 3.46. The van der Waals surface area contributed by atoms with Gasteiger partial charge in [0.05, 0.1) is 11.9 Å². The van der Waals surface area contributed by atoms with Crippen LogP contribution in [0.4, 0.5) is 11.8 Å². The number of carboxylic acids is 2. The molecule has 3 aromatic rings. The molecular formula is C23H23N7O5. The number of terminal acetylenes is 1. The third-order valence-electron chi connectivity index (χ3n) is 5.22. The summed E-state index contributed by atoms with van der Waals surface area (Å²) in [7, 11) is 0. The summed E-state index contributed by atoms with van der Waals surface area (Å²) in [5.74, 6) is -0.479. The highest BCUT2D eigenvalue weighted by Crippen LogP contribution is 2.25. The number of aliphatic carboxylic acids is 2. The molecule has 0 saturated heterocycles.